The molecule has 3 nitrogen and oxygen atoms in total. The number of fused-ring (bicyclic) bond motifs is 1. The van der Waals surface area contributed by atoms with Gasteiger partial charge in [0.1, 0.15) is 0 Å². The van der Waals surface area contributed by atoms with Crippen molar-refractivity contribution in [1.82, 2.24) is 10.2 Å². The zero-order chi connectivity index (χ0) is 12.4. The van der Waals surface area contributed by atoms with Crippen molar-refractivity contribution >= 4 is 18.3 Å². The summed E-state index contributed by atoms with van der Waals surface area (Å²) in [7, 11) is 0. The van der Waals surface area contributed by atoms with Gasteiger partial charge in [0.2, 0.25) is 5.91 Å². The topological polar surface area (TPSA) is 32.3 Å². The number of halogens is 1. The number of hydrogen-bond acceptors (Lipinski definition) is 2. The Labute approximate surface area is 122 Å². The van der Waals surface area contributed by atoms with E-state index in [-0.39, 0.29) is 12.4 Å². The molecule has 1 aliphatic carbocycles. The Balaban J connectivity index is 0.00000133. The highest BCUT2D eigenvalue weighted by atomic mass is 35.5. The number of rotatable bonds is 2. The molecular weight excluding hydrogens is 260 g/mol. The summed E-state index contributed by atoms with van der Waals surface area (Å²) in [5, 5.41) is 3.44. The average molecular weight is 287 g/mol. The fourth-order valence-electron chi connectivity index (χ4n) is 4.00. The molecule has 0 aromatic carbocycles. The van der Waals surface area contributed by atoms with Crippen LogP contribution in [0, 0.1) is 17.8 Å². The van der Waals surface area contributed by atoms with Crippen LogP contribution >= 0.6 is 12.4 Å². The molecule has 19 heavy (non-hydrogen) atoms. The molecule has 0 aromatic rings. The minimum Gasteiger partial charge on any atom is -0.342 e. The number of amides is 1. The van der Waals surface area contributed by atoms with E-state index in [0.717, 1.165) is 44.4 Å². The summed E-state index contributed by atoms with van der Waals surface area (Å²) in [6, 6.07) is 0. The highest BCUT2D eigenvalue weighted by Gasteiger charge is 2.38. The Hall–Kier alpha value is -0.280. The van der Waals surface area contributed by atoms with Crippen molar-refractivity contribution in [2.75, 3.05) is 26.2 Å². The van der Waals surface area contributed by atoms with Crippen LogP contribution in [0.3, 0.4) is 0 Å². The van der Waals surface area contributed by atoms with Gasteiger partial charge in [0.15, 0.2) is 0 Å². The summed E-state index contributed by atoms with van der Waals surface area (Å²) < 4.78 is 0. The Bertz CT molecular complexity index is 291. The first-order valence-electron chi connectivity index (χ1n) is 7.81. The molecular formula is C15H27ClN2O. The Morgan fingerprint density at radius 3 is 2.16 bits per heavy atom. The van der Waals surface area contributed by atoms with Crippen molar-refractivity contribution in [1.29, 1.82) is 0 Å². The van der Waals surface area contributed by atoms with E-state index in [1.165, 1.54) is 38.5 Å². The lowest BCUT2D eigenvalue weighted by molar-refractivity contribution is -0.131. The van der Waals surface area contributed by atoms with Gasteiger partial charge in [-0.25, -0.2) is 0 Å². The van der Waals surface area contributed by atoms with Crippen LogP contribution in [0.15, 0.2) is 0 Å². The van der Waals surface area contributed by atoms with Gasteiger partial charge in [0.05, 0.1) is 0 Å². The molecule has 1 saturated carbocycles. The summed E-state index contributed by atoms with van der Waals surface area (Å²) in [6.45, 7) is 4.28. The molecule has 0 unspecified atom stereocenters. The quantitative estimate of drug-likeness (QED) is 0.791. The van der Waals surface area contributed by atoms with E-state index in [9.17, 15) is 4.79 Å². The summed E-state index contributed by atoms with van der Waals surface area (Å²) >= 11 is 0. The molecule has 2 aliphatic heterocycles. The molecule has 2 heterocycles. The molecule has 3 aliphatic rings. The second kappa shape index (κ2) is 6.94. The third-order valence-corrected chi connectivity index (χ3v) is 5.18. The monoisotopic (exact) mass is 286 g/mol. The van der Waals surface area contributed by atoms with Crippen LogP contribution in [0.5, 0.6) is 0 Å². The van der Waals surface area contributed by atoms with E-state index in [2.05, 4.69) is 10.2 Å². The lowest BCUT2D eigenvalue weighted by Gasteiger charge is -2.21. The summed E-state index contributed by atoms with van der Waals surface area (Å²) in [6.07, 6.45) is 8.84. The van der Waals surface area contributed by atoms with E-state index in [4.69, 9.17) is 0 Å². The highest BCUT2D eigenvalue weighted by molar-refractivity contribution is 5.85. The molecule has 0 aromatic heterocycles. The second-order valence-electron chi connectivity index (χ2n) is 6.54. The van der Waals surface area contributed by atoms with Crippen molar-refractivity contribution in [3.8, 4) is 0 Å². The molecule has 2 atom stereocenters. The Morgan fingerprint density at radius 1 is 1.00 bits per heavy atom. The maximum atomic E-state index is 12.4. The zero-order valence-electron chi connectivity index (χ0n) is 11.8. The number of nitrogens with zero attached hydrogens (tertiary/aromatic N) is 1. The SMILES string of the molecule is Cl.O=C(CC1CCCCCC1)N1C[C@H]2CNC[C@H]2C1. The minimum absolute atomic E-state index is 0. The third kappa shape index (κ3) is 3.63. The predicted molar refractivity (Wildman–Crippen MR) is 79.5 cm³/mol. The predicted octanol–water partition coefficient (Wildman–Crippen LogP) is 2.45. The van der Waals surface area contributed by atoms with Crippen LogP contribution in [0.4, 0.5) is 0 Å². The summed E-state index contributed by atoms with van der Waals surface area (Å²) in [5.41, 5.74) is 0. The molecule has 3 fully saturated rings. The fourth-order valence-corrected chi connectivity index (χ4v) is 4.00. The van der Waals surface area contributed by atoms with E-state index in [1.54, 1.807) is 0 Å². The maximum absolute atomic E-state index is 12.4. The fraction of sp³-hybridized carbons (Fsp3) is 0.933. The molecule has 1 amide bonds. The molecule has 0 radical (unpaired) electrons. The number of hydrogen-bond donors (Lipinski definition) is 1. The number of likely N-dealkylation sites (tertiary alicyclic amines) is 1. The van der Waals surface area contributed by atoms with Crippen LogP contribution in [0.2, 0.25) is 0 Å². The largest absolute Gasteiger partial charge is 0.342 e. The molecule has 0 bridgehead atoms. The molecule has 1 N–H and O–H groups in total. The summed E-state index contributed by atoms with van der Waals surface area (Å²) in [5.74, 6) is 2.60. The normalized spacial score (nSPS) is 31.7. The smallest absolute Gasteiger partial charge is 0.222 e. The molecule has 110 valence electrons. The lowest BCUT2D eigenvalue weighted by atomic mass is 9.96. The standard InChI is InChI=1S/C15H26N2O.ClH/c18-15(7-12-5-3-1-2-4-6-12)17-10-13-8-16-9-14(13)11-17;/h12-14,16H,1-11H2;1H/t13-,14+;. The van der Waals surface area contributed by atoms with Crippen LogP contribution in [0.25, 0.3) is 0 Å². The van der Waals surface area contributed by atoms with Crippen LogP contribution < -0.4 is 5.32 Å². The van der Waals surface area contributed by atoms with E-state index >= 15 is 0 Å². The van der Waals surface area contributed by atoms with Crippen molar-refractivity contribution in [2.45, 2.75) is 44.9 Å². The first-order valence-corrected chi connectivity index (χ1v) is 7.81. The van der Waals surface area contributed by atoms with Gasteiger partial charge in [-0.2, -0.15) is 0 Å². The number of carbonyl (C=O) groups excluding carboxylic acids is 1. The van der Waals surface area contributed by atoms with Crippen molar-refractivity contribution in [3.05, 3.63) is 0 Å². The van der Waals surface area contributed by atoms with Gasteiger partial charge >= 0.3 is 0 Å². The maximum Gasteiger partial charge on any atom is 0.222 e. The van der Waals surface area contributed by atoms with Crippen LogP contribution in [-0.2, 0) is 4.79 Å². The first kappa shape index (κ1) is 15.1. The van der Waals surface area contributed by atoms with Gasteiger partial charge in [0.25, 0.3) is 0 Å². The average Bonchev–Trinajstić information content (AvgIpc) is 2.85. The lowest BCUT2D eigenvalue weighted by Crippen LogP contribution is -2.33. The van der Waals surface area contributed by atoms with Gasteiger partial charge in [-0.15, -0.1) is 12.4 Å². The molecule has 3 rings (SSSR count). The van der Waals surface area contributed by atoms with Gasteiger partial charge in [-0.1, -0.05) is 25.7 Å². The van der Waals surface area contributed by atoms with Crippen molar-refractivity contribution in [3.63, 3.8) is 0 Å². The van der Waals surface area contributed by atoms with E-state index in [0.29, 0.717) is 11.8 Å². The zero-order valence-corrected chi connectivity index (χ0v) is 12.6. The van der Waals surface area contributed by atoms with Gasteiger partial charge < -0.3 is 10.2 Å². The van der Waals surface area contributed by atoms with Gasteiger partial charge in [-0.3, -0.25) is 4.79 Å². The minimum atomic E-state index is 0. The Kier molecular flexibility index (Phi) is 5.52. The third-order valence-electron chi connectivity index (χ3n) is 5.18. The summed E-state index contributed by atoms with van der Waals surface area (Å²) in [4.78, 5) is 14.5. The van der Waals surface area contributed by atoms with Crippen LogP contribution in [0.1, 0.15) is 44.9 Å². The van der Waals surface area contributed by atoms with Gasteiger partial charge in [0, 0.05) is 32.6 Å². The Morgan fingerprint density at radius 2 is 1.58 bits per heavy atom. The van der Waals surface area contributed by atoms with Gasteiger partial charge in [-0.05, 0) is 30.6 Å². The first-order chi connectivity index (χ1) is 8.83. The van der Waals surface area contributed by atoms with Crippen LogP contribution in [-0.4, -0.2) is 37.0 Å². The molecule has 0 spiro atoms. The van der Waals surface area contributed by atoms with Crippen molar-refractivity contribution in [2.24, 2.45) is 17.8 Å². The highest BCUT2D eigenvalue weighted by Crippen LogP contribution is 2.30. The second-order valence-corrected chi connectivity index (χ2v) is 6.54. The molecule has 2 saturated heterocycles. The number of nitrogens with one attached hydrogen (secondary N) is 1. The van der Waals surface area contributed by atoms with E-state index < -0.39 is 0 Å². The van der Waals surface area contributed by atoms with E-state index in [1.807, 2.05) is 0 Å². The molecule has 4 heteroatoms. The van der Waals surface area contributed by atoms with Crippen molar-refractivity contribution < 1.29 is 4.79 Å². The number of carbonyl (C=O) groups is 1.